The van der Waals surface area contributed by atoms with Crippen LogP contribution in [-0.2, 0) is 4.79 Å². The Hall–Kier alpha value is -3.98. The summed E-state index contributed by atoms with van der Waals surface area (Å²) in [7, 11) is 1.64. The maximum absolute atomic E-state index is 11.9. The molecule has 0 aliphatic heterocycles. The summed E-state index contributed by atoms with van der Waals surface area (Å²) in [5.74, 6) is -0.0740. The molecule has 0 saturated heterocycles. The molecule has 0 bridgehead atoms. The van der Waals surface area contributed by atoms with E-state index in [1.807, 2.05) is 30.3 Å². The number of rotatable bonds is 7. The first-order chi connectivity index (χ1) is 15.0. The van der Waals surface area contributed by atoms with E-state index in [0.29, 0.717) is 11.4 Å². The second-order valence-corrected chi connectivity index (χ2v) is 7.61. The molecule has 2 aromatic heterocycles. The summed E-state index contributed by atoms with van der Waals surface area (Å²) in [6, 6.07) is 16.6. The number of thiophene rings is 1. The monoisotopic (exact) mass is 434 g/mol. The van der Waals surface area contributed by atoms with Gasteiger partial charge >= 0.3 is 5.97 Å². The van der Waals surface area contributed by atoms with Gasteiger partial charge in [-0.15, -0.1) is 11.3 Å². The maximum Gasteiger partial charge on any atom is 0.322 e. The Morgan fingerprint density at radius 1 is 1.06 bits per heavy atom. The number of carboxylic acid groups (broad SMARTS) is 1. The molecule has 2 aromatic carbocycles. The van der Waals surface area contributed by atoms with E-state index in [1.165, 1.54) is 6.33 Å². The number of hydrogen-bond donors (Lipinski definition) is 3. The number of carbonyl (C=O) groups is 2. The number of carbonyl (C=O) groups excluding carboxylic acids is 1. The standard InChI is InChI=1S/C22H18N4O4S/c1-30-16-8-4-13(5-9-16)18-10-17-20(31-18)21(25-12-24-17)26-15-6-2-14(3-7-15)22(29)23-11-19(27)28/h2-10,12H,11H2,1H3,(H,23,29)(H,27,28)(H,24,25,26). The van der Waals surface area contributed by atoms with E-state index >= 15 is 0 Å². The molecule has 4 aromatic rings. The molecule has 9 heteroatoms. The van der Waals surface area contributed by atoms with Crippen molar-refractivity contribution in [3.63, 3.8) is 0 Å². The van der Waals surface area contributed by atoms with Crippen LogP contribution in [0.5, 0.6) is 5.75 Å². The number of anilines is 2. The Kier molecular flexibility index (Phi) is 5.76. The van der Waals surface area contributed by atoms with Gasteiger partial charge in [-0.05, 0) is 60.2 Å². The number of aromatic nitrogens is 2. The van der Waals surface area contributed by atoms with Crippen LogP contribution in [-0.4, -0.2) is 40.6 Å². The molecular weight excluding hydrogens is 416 g/mol. The molecule has 0 radical (unpaired) electrons. The van der Waals surface area contributed by atoms with E-state index in [2.05, 4.69) is 20.6 Å². The lowest BCUT2D eigenvalue weighted by molar-refractivity contribution is -0.135. The molecule has 0 saturated carbocycles. The van der Waals surface area contributed by atoms with Crippen molar-refractivity contribution in [1.82, 2.24) is 15.3 Å². The van der Waals surface area contributed by atoms with Gasteiger partial charge in [0.2, 0.25) is 0 Å². The molecule has 156 valence electrons. The van der Waals surface area contributed by atoms with Crippen molar-refractivity contribution in [2.45, 2.75) is 0 Å². The number of amides is 1. The highest BCUT2D eigenvalue weighted by atomic mass is 32.1. The minimum Gasteiger partial charge on any atom is -0.497 e. The predicted octanol–water partition coefficient (Wildman–Crippen LogP) is 3.92. The van der Waals surface area contributed by atoms with Crippen molar-refractivity contribution in [3.05, 3.63) is 66.5 Å². The van der Waals surface area contributed by atoms with Gasteiger partial charge in [-0.1, -0.05) is 0 Å². The van der Waals surface area contributed by atoms with Crippen LogP contribution in [0.25, 0.3) is 20.7 Å². The quantitative estimate of drug-likeness (QED) is 0.404. The zero-order valence-corrected chi connectivity index (χ0v) is 17.3. The molecule has 0 aliphatic rings. The number of carboxylic acids is 1. The third-order valence-electron chi connectivity index (χ3n) is 4.50. The van der Waals surface area contributed by atoms with E-state index < -0.39 is 18.4 Å². The second-order valence-electron chi connectivity index (χ2n) is 6.55. The fourth-order valence-corrected chi connectivity index (χ4v) is 4.00. The lowest BCUT2D eigenvalue weighted by Gasteiger charge is -2.07. The number of methoxy groups -OCH3 is 1. The van der Waals surface area contributed by atoms with E-state index in [-0.39, 0.29) is 0 Å². The fourth-order valence-electron chi connectivity index (χ4n) is 2.94. The number of nitrogens with one attached hydrogen (secondary N) is 2. The molecule has 8 nitrogen and oxygen atoms in total. The van der Waals surface area contributed by atoms with Gasteiger partial charge in [-0.3, -0.25) is 9.59 Å². The fraction of sp³-hybridized carbons (Fsp3) is 0.0909. The Bertz CT molecular complexity index is 1240. The predicted molar refractivity (Wildman–Crippen MR) is 119 cm³/mol. The molecule has 2 heterocycles. The van der Waals surface area contributed by atoms with Crippen LogP contribution in [0.2, 0.25) is 0 Å². The lowest BCUT2D eigenvalue weighted by atomic mass is 10.2. The first-order valence-corrected chi connectivity index (χ1v) is 10.1. The van der Waals surface area contributed by atoms with Crippen LogP contribution in [0.1, 0.15) is 10.4 Å². The van der Waals surface area contributed by atoms with Gasteiger partial charge in [0.1, 0.15) is 18.6 Å². The molecule has 4 rings (SSSR count). The summed E-state index contributed by atoms with van der Waals surface area (Å²) in [6.07, 6.45) is 1.50. The number of hydrogen-bond acceptors (Lipinski definition) is 7. The van der Waals surface area contributed by atoms with E-state index in [9.17, 15) is 9.59 Å². The van der Waals surface area contributed by atoms with Crippen molar-refractivity contribution >= 4 is 44.9 Å². The van der Waals surface area contributed by atoms with Gasteiger partial charge in [0.25, 0.3) is 5.91 Å². The Morgan fingerprint density at radius 3 is 2.48 bits per heavy atom. The Balaban J connectivity index is 1.55. The first-order valence-electron chi connectivity index (χ1n) is 9.29. The van der Waals surface area contributed by atoms with E-state index in [1.54, 1.807) is 42.7 Å². The van der Waals surface area contributed by atoms with Crippen LogP contribution in [0.3, 0.4) is 0 Å². The normalized spacial score (nSPS) is 10.6. The minimum absolute atomic E-state index is 0.373. The highest BCUT2D eigenvalue weighted by Crippen LogP contribution is 2.37. The number of aliphatic carboxylic acids is 1. The van der Waals surface area contributed by atoms with Crippen LogP contribution in [0.15, 0.2) is 60.9 Å². The van der Waals surface area contributed by atoms with E-state index in [4.69, 9.17) is 9.84 Å². The van der Waals surface area contributed by atoms with Crippen LogP contribution in [0.4, 0.5) is 11.5 Å². The third kappa shape index (κ3) is 4.62. The van der Waals surface area contributed by atoms with Crippen molar-refractivity contribution < 1.29 is 19.4 Å². The average Bonchev–Trinajstić information content (AvgIpc) is 3.23. The molecule has 0 spiro atoms. The summed E-state index contributed by atoms with van der Waals surface area (Å²) in [5.41, 5.74) is 3.01. The van der Waals surface area contributed by atoms with Crippen LogP contribution < -0.4 is 15.4 Å². The molecular formula is C22H18N4O4S. The smallest absolute Gasteiger partial charge is 0.322 e. The molecule has 31 heavy (non-hydrogen) atoms. The molecule has 0 unspecified atom stereocenters. The van der Waals surface area contributed by atoms with Crippen molar-refractivity contribution in [2.24, 2.45) is 0 Å². The van der Waals surface area contributed by atoms with Crippen molar-refractivity contribution in [2.75, 3.05) is 19.0 Å². The SMILES string of the molecule is COc1ccc(-c2cc3ncnc(Nc4ccc(C(=O)NCC(=O)O)cc4)c3s2)cc1. The molecule has 0 aliphatic carbocycles. The van der Waals surface area contributed by atoms with Crippen molar-refractivity contribution in [1.29, 1.82) is 0 Å². The third-order valence-corrected chi connectivity index (χ3v) is 5.68. The zero-order chi connectivity index (χ0) is 21.8. The molecule has 3 N–H and O–H groups in total. The van der Waals surface area contributed by atoms with Gasteiger partial charge < -0.3 is 20.5 Å². The lowest BCUT2D eigenvalue weighted by Crippen LogP contribution is -2.29. The molecule has 0 fully saturated rings. The number of ether oxygens (including phenoxy) is 1. The first kappa shape index (κ1) is 20.3. The minimum atomic E-state index is -1.09. The average molecular weight is 434 g/mol. The number of nitrogens with zero attached hydrogens (tertiary/aromatic N) is 2. The van der Waals surface area contributed by atoms with Gasteiger partial charge in [-0.25, -0.2) is 9.97 Å². The topological polar surface area (TPSA) is 113 Å². The molecule has 1 amide bonds. The maximum atomic E-state index is 11.9. The Labute approximate surface area is 181 Å². The second kappa shape index (κ2) is 8.80. The summed E-state index contributed by atoms with van der Waals surface area (Å²) >= 11 is 1.58. The van der Waals surface area contributed by atoms with E-state index in [0.717, 1.165) is 32.1 Å². The highest BCUT2D eigenvalue weighted by molar-refractivity contribution is 7.22. The van der Waals surface area contributed by atoms with Gasteiger partial charge in [0, 0.05) is 16.1 Å². The summed E-state index contributed by atoms with van der Waals surface area (Å²) in [5, 5.41) is 14.3. The summed E-state index contributed by atoms with van der Waals surface area (Å²) < 4.78 is 6.13. The highest BCUT2D eigenvalue weighted by Gasteiger charge is 2.12. The van der Waals surface area contributed by atoms with Gasteiger partial charge in [-0.2, -0.15) is 0 Å². The zero-order valence-electron chi connectivity index (χ0n) is 16.5. The van der Waals surface area contributed by atoms with Gasteiger partial charge in [0.05, 0.1) is 17.3 Å². The van der Waals surface area contributed by atoms with Crippen LogP contribution in [0, 0.1) is 0 Å². The van der Waals surface area contributed by atoms with Crippen molar-refractivity contribution in [3.8, 4) is 16.2 Å². The number of fused-ring (bicyclic) bond motifs is 1. The summed E-state index contributed by atoms with van der Waals surface area (Å²) in [4.78, 5) is 32.3. The van der Waals surface area contributed by atoms with Crippen LogP contribution >= 0.6 is 11.3 Å². The largest absolute Gasteiger partial charge is 0.497 e. The summed E-state index contributed by atoms with van der Waals surface area (Å²) in [6.45, 7) is -0.424. The van der Waals surface area contributed by atoms with Gasteiger partial charge in [0.15, 0.2) is 5.82 Å². The number of benzene rings is 2. The Morgan fingerprint density at radius 2 is 1.81 bits per heavy atom. The molecule has 0 atom stereocenters.